The topological polar surface area (TPSA) is 55.1 Å². The normalized spacial score (nSPS) is 28.2. The van der Waals surface area contributed by atoms with Crippen molar-refractivity contribution in [2.45, 2.75) is 57.7 Å². The molecule has 112 valence electrons. The molecule has 3 unspecified atom stereocenters. The third-order valence-corrected chi connectivity index (χ3v) is 3.79. The molecule has 0 aromatic rings. The molecule has 3 N–H and O–H groups in total. The van der Waals surface area contributed by atoms with Crippen LogP contribution in [0.3, 0.4) is 0 Å². The Labute approximate surface area is 112 Å². The molecule has 3 nitrogen and oxygen atoms in total. The maximum atomic E-state index is 11.9. The van der Waals surface area contributed by atoms with Gasteiger partial charge in [0.1, 0.15) is 0 Å². The predicted octanol–water partition coefficient (Wildman–Crippen LogP) is 2.60. The van der Waals surface area contributed by atoms with Gasteiger partial charge in [0.15, 0.2) is 0 Å². The maximum Gasteiger partial charge on any atom is 0.389 e. The third-order valence-electron chi connectivity index (χ3n) is 3.79. The summed E-state index contributed by atoms with van der Waals surface area (Å²) in [5.41, 5.74) is 5.88. The van der Waals surface area contributed by atoms with E-state index in [0.717, 1.165) is 19.3 Å². The number of hydrogen-bond donors (Lipinski definition) is 2. The summed E-state index contributed by atoms with van der Waals surface area (Å²) in [4.78, 5) is 11.8. The number of alkyl halides is 3. The first-order valence-corrected chi connectivity index (χ1v) is 6.89. The van der Waals surface area contributed by atoms with Crippen LogP contribution in [0.5, 0.6) is 0 Å². The van der Waals surface area contributed by atoms with Gasteiger partial charge in [0, 0.05) is 24.9 Å². The van der Waals surface area contributed by atoms with E-state index in [2.05, 4.69) is 5.32 Å². The molecule has 0 radical (unpaired) electrons. The Balaban J connectivity index is 2.14. The van der Waals surface area contributed by atoms with E-state index >= 15 is 0 Å². The van der Waals surface area contributed by atoms with E-state index in [1.165, 1.54) is 0 Å². The molecule has 0 heterocycles. The summed E-state index contributed by atoms with van der Waals surface area (Å²) in [6, 6.07) is 0.163. The highest BCUT2D eigenvalue weighted by Gasteiger charge is 2.29. The zero-order valence-corrected chi connectivity index (χ0v) is 11.3. The molecule has 3 atom stereocenters. The molecule has 1 fully saturated rings. The predicted molar refractivity (Wildman–Crippen MR) is 67.4 cm³/mol. The summed E-state index contributed by atoms with van der Waals surface area (Å²) < 4.78 is 35.7. The lowest BCUT2D eigenvalue weighted by molar-refractivity contribution is -0.135. The van der Waals surface area contributed by atoms with E-state index in [1.54, 1.807) is 0 Å². The first-order valence-electron chi connectivity index (χ1n) is 6.89. The lowest BCUT2D eigenvalue weighted by Gasteiger charge is -2.31. The SMILES string of the molecule is CC1CC(C(=O)NCCCCC(F)(F)F)CCC1N. The smallest absolute Gasteiger partial charge is 0.356 e. The molecule has 0 bridgehead atoms. The van der Waals surface area contributed by atoms with Crippen LogP contribution in [0, 0.1) is 11.8 Å². The van der Waals surface area contributed by atoms with Crippen molar-refractivity contribution < 1.29 is 18.0 Å². The van der Waals surface area contributed by atoms with Crippen molar-refractivity contribution in [2.24, 2.45) is 17.6 Å². The molecular formula is C13H23F3N2O. The van der Waals surface area contributed by atoms with E-state index < -0.39 is 12.6 Å². The highest BCUT2D eigenvalue weighted by molar-refractivity contribution is 5.78. The minimum absolute atomic E-state index is 0.0302. The average molecular weight is 280 g/mol. The van der Waals surface area contributed by atoms with Crippen LogP contribution in [0.15, 0.2) is 0 Å². The summed E-state index contributed by atoms with van der Waals surface area (Å²) in [6.07, 6.45) is -2.05. The number of nitrogens with one attached hydrogen (secondary N) is 1. The first kappa shape index (κ1) is 16.3. The quantitative estimate of drug-likeness (QED) is 0.761. The number of halogens is 3. The Hall–Kier alpha value is -0.780. The van der Waals surface area contributed by atoms with Crippen LogP contribution in [-0.4, -0.2) is 24.7 Å². The first-order chi connectivity index (χ1) is 8.79. The molecule has 1 amide bonds. The fourth-order valence-corrected chi connectivity index (χ4v) is 2.46. The largest absolute Gasteiger partial charge is 0.389 e. The highest BCUT2D eigenvalue weighted by Crippen LogP contribution is 2.28. The number of hydrogen-bond acceptors (Lipinski definition) is 2. The highest BCUT2D eigenvalue weighted by atomic mass is 19.4. The van der Waals surface area contributed by atoms with Gasteiger partial charge in [-0.3, -0.25) is 4.79 Å². The number of carbonyl (C=O) groups is 1. The lowest BCUT2D eigenvalue weighted by Crippen LogP contribution is -2.40. The monoisotopic (exact) mass is 280 g/mol. The number of amides is 1. The van der Waals surface area contributed by atoms with Crippen LogP contribution < -0.4 is 11.1 Å². The van der Waals surface area contributed by atoms with Gasteiger partial charge in [-0.25, -0.2) is 0 Å². The minimum Gasteiger partial charge on any atom is -0.356 e. The second-order valence-corrected chi connectivity index (χ2v) is 5.51. The molecule has 0 spiro atoms. The molecule has 0 saturated heterocycles. The molecule has 1 saturated carbocycles. The minimum atomic E-state index is -4.10. The summed E-state index contributed by atoms with van der Waals surface area (Å²) in [5, 5.41) is 2.73. The molecular weight excluding hydrogens is 257 g/mol. The Kier molecular flexibility index (Phi) is 6.10. The summed E-state index contributed by atoms with van der Waals surface area (Å²) in [7, 11) is 0. The van der Waals surface area contributed by atoms with E-state index in [4.69, 9.17) is 5.73 Å². The van der Waals surface area contributed by atoms with E-state index in [-0.39, 0.29) is 24.3 Å². The van der Waals surface area contributed by atoms with Gasteiger partial charge in [0.05, 0.1) is 0 Å². The average Bonchev–Trinajstić information content (AvgIpc) is 2.30. The second-order valence-electron chi connectivity index (χ2n) is 5.51. The number of unbranched alkanes of at least 4 members (excludes halogenated alkanes) is 1. The van der Waals surface area contributed by atoms with Crippen molar-refractivity contribution in [1.82, 2.24) is 5.32 Å². The van der Waals surface area contributed by atoms with Crippen molar-refractivity contribution in [3.05, 3.63) is 0 Å². The van der Waals surface area contributed by atoms with Gasteiger partial charge in [0.2, 0.25) is 5.91 Å². The number of carbonyl (C=O) groups excluding carboxylic acids is 1. The molecule has 1 aliphatic rings. The van der Waals surface area contributed by atoms with Crippen molar-refractivity contribution in [1.29, 1.82) is 0 Å². The molecule has 6 heteroatoms. The van der Waals surface area contributed by atoms with Crippen LogP contribution in [0.4, 0.5) is 13.2 Å². The summed E-state index contributed by atoms with van der Waals surface area (Å²) >= 11 is 0. The van der Waals surface area contributed by atoms with Gasteiger partial charge >= 0.3 is 6.18 Å². The molecule has 0 aliphatic heterocycles. The fraction of sp³-hybridized carbons (Fsp3) is 0.923. The third kappa shape index (κ3) is 6.27. The molecule has 1 aliphatic carbocycles. The van der Waals surface area contributed by atoms with Crippen LogP contribution in [0.1, 0.15) is 45.4 Å². The standard InChI is InChI=1S/C13H23F3N2O/c1-9-8-10(4-5-11(9)17)12(19)18-7-3-2-6-13(14,15)16/h9-11H,2-8,17H2,1H3,(H,18,19). The van der Waals surface area contributed by atoms with Crippen LogP contribution in [-0.2, 0) is 4.79 Å². The van der Waals surface area contributed by atoms with Gasteiger partial charge in [-0.2, -0.15) is 13.2 Å². The zero-order chi connectivity index (χ0) is 14.5. The van der Waals surface area contributed by atoms with Crippen LogP contribution in [0.2, 0.25) is 0 Å². The number of nitrogens with two attached hydrogens (primary N) is 1. The molecule has 1 rings (SSSR count). The van der Waals surface area contributed by atoms with Crippen molar-refractivity contribution in [3.63, 3.8) is 0 Å². The van der Waals surface area contributed by atoms with Gasteiger partial charge in [-0.15, -0.1) is 0 Å². The maximum absolute atomic E-state index is 11.9. The molecule has 0 aromatic heterocycles. The Bertz CT molecular complexity index is 294. The zero-order valence-electron chi connectivity index (χ0n) is 11.3. The van der Waals surface area contributed by atoms with Crippen molar-refractivity contribution in [2.75, 3.05) is 6.54 Å². The van der Waals surface area contributed by atoms with Gasteiger partial charge < -0.3 is 11.1 Å². The van der Waals surface area contributed by atoms with E-state index in [0.29, 0.717) is 18.9 Å². The summed E-state index contributed by atoms with van der Waals surface area (Å²) in [5.74, 6) is 0.262. The number of rotatable bonds is 5. The second kappa shape index (κ2) is 7.12. The molecule has 19 heavy (non-hydrogen) atoms. The Morgan fingerprint density at radius 3 is 2.58 bits per heavy atom. The van der Waals surface area contributed by atoms with Crippen molar-refractivity contribution >= 4 is 5.91 Å². The Morgan fingerprint density at radius 2 is 2.00 bits per heavy atom. The summed E-state index contributed by atoms with van der Waals surface area (Å²) in [6.45, 7) is 2.36. The van der Waals surface area contributed by atoms with Gasteiger partial charge in [-0.1, -0.05) is 6.92 Å². The molecule has 0 aromatic carbocycles. The van der Waals surface area contributed by atoms with Crippen LogP contribution in [0.25, 0.3) is 0 Å². The Morgan fingerprint density at radius 1 is 1.32 bits per heavy atom. The fourth-order valence-electron chi connectivity index (χ4n) is 2.46. The van der Waals surface area contributed by atoms with Crippen molar-refractivity contribution in [3.8, 4) is 0 Å². The van der Waals surface area contributed by atoms with Crippen LogP contribution >= 0.6 is 0 Å². The van der Waals surface area contributed by atoms with E-state index in [1.807, 2.05) is 6.92 Å². The van der Waals surface area contributed by atoms with E-state index in [9.17, 15) is 18.0 Å². The van der Waals surface area contributed by atoms with Gasteiger partial charge in [0.25, 0.3) is 0 Å². The lowest BCUT2D eigenvalue weighted by atomic mass is 9.79. The van der Waals surface area contributed by atoms with Gasteiger partial charge in [-0.05, 0) is 38.0 Å².